The molecule has 2 rings (SSSR count). The zero-order valence-electron chi connectivity index (χ0n) is 11.5. The lowest BCUT2D eigenvalue weighted by atomic mass is 10.1. The summed E-state index contributed by atoms with van der Waals surface area (Å²) in [6, 6.07) is 15.7. The summed E-state index contributed by atoms with van der Waals surface area (Å²) in [5.74, 6) is -0.147. The molecule has 2 aromatic rings. The van der Waals surface area contributed by atoms with Gasteiger partial charge < -0.3 is 5.32 Å². The van der Waals surface area contributed by atoms with Gasteiger partial charge in [-0.3, -0.25) is 4.79 Å². The number of para-hydroxylation sites is 1. The van der Waals surface area contributed by atoms with E-state index in [1.165, 1.54) is 0 Å². The van der Waals surface area contributed by atoms with Gasteiger partial charge in [0.15, 0.2) is 0 Å². The Labute approximate surface area is 127 Å². The molecule has 2 nitrogen and oxygen atoms in total. The Morgan fingerprint density at radius 1 is 1.00 bits per heavy atom. The van der Waals surface area contributed by atoms with E-state index in [0.29, 0.717) is 4.48 Å². The highest BCUT2D eigenvalue weighted by atomic mass is 79.9. The lowest BCUT2D eigenvalue weighted by Gasteiger charge is -2.11. The molecule has 0 radical (unpaired) electrons. The van der Waals surface area contributed by atoms with Gasteiger partial charge in [-0.2, -0.15) is 0 Å². The molecule has 0 fully saturated rings. The van der Waals surface area contributed by atoms with Gasteiger partial charge >= 0.3 is 0 Å². The van der Waals surface area contributed by atoms with Gasteiger partial charge in [0.25, 0.3) is 5.91 Å². The van der Waals surface area contributed by atoms with Crippen molar-refractivity contribution in [2.45, 2.75) is 13.8 Å². The fourth-order valence-electron chi connectivity index (χ4n) is 1.95. The van der Waals surface area contributed by atoms with Gasteiger partial charge in [0.2, 0.25) is 0 Å². The van der Waals surface area contributed by atoms with Crippen molar-refractivity contribution in [3.8, 4) is 0 Å². The maximum absolute atomic E-state index is 12.2. The number of hydrogen-bond donors (Lipinski definition) is 1. The van der Waals surface area contributed by atoms with E-state index in [9.17, 15) is 4.79 Å². The van der Waals surface area contributed by atoms with Crippen LogP contribution in [0.15, 0.2) is 53.0 Å². The molecule has 1 amide bonds. The molecule has 0 unspecified atom stereocenters. The molecule has 0 saturated heterocycles. The van der Waals surface area contributed by atoms with Gasteiger partial charge in [-0.15, -0.1) is 0 Å². The molecule has 20 heavy (non-hydrogen) atoms. The lowest BCUT2D eigenvalue weighted by molar-refractivity contribution is -0.112. The molecule has 3 heteroatoms. The van der Waals surface area contributed by atoms with Crippen LogP contribution >= 0.6 is 15.9 Å². The monoisotopic (exact) mass is 329 g/mol. The Hall–Kier alpha value is -1.87. The predicted molar refractivity (Wildman–Crippen MR) is 87.9 cm³/mol. The first-order valence-corrected chi connectivity index (χ1v) is 7.17. The number of aryl methyl sites for hydroxylation is 2. The quantitative estimate of drug-likeness (QED) is 0.814. The Balaban J connectivity index is 2.18. The third-order valence-corrected chi connectivity index (χ3v) is 3.62. The molecule has 1 N–H and O–H groups in total. The smallest absolute Gasteiger partial charge is 0.262 e. The van der Waals surface area contributed by atoms with E-state index in [1.54, 1.807) is 0 Å². The van der Waals surface area contributed by atoms with Gasteiger partial charge in [-0.1, -0.05) is 48.5 Å². The summed E-state index contributed by atoms with van der Waals surface area (Å²) in [6.45, 7) is 3.97. The first-order valence-electron chi connectivity index (χ1n) is 6.38. The summed E-state index contributed by atoms with van der Waals surface area (Å²) in [6.07, 6.45) is 1.81. The number of hydrogen-bond acceptors (Lipinski definition) is 1. The minimum atomic E-state index is -0.147. The van der Waals surface area contributed by atoms with Crippen molar-refractivity contribution in [1.82, 2.24) is 0 Å². The van der Waals surface area contributed by atoms with Gasteiger partial charge in [0, 0.05) is 5.69 Å². The van der Waals surface area contributed by atoms with Gasteiger partial charge in [-0.25, -0.2) is 0 Å². The second kappa shape index (κ2) is 6.53. The third-order valence-electron chi connectivity index (χ3n) is 3.03. The lowest BCUT2D eigenvalue weighted by Crippen LogP contribution is -2.13. The minimum absolute atomic E-state index is 0.147. The van der Waals surface area contributed by atoms with Crippen molar-refractivity contribution in [1.29, 1.82) is 0 Å². The standard InChI is InChI=1S/C17H16BrNO/c1-12-7-6-8-13(2)16(12)19-17(20)15(18)11-14-9-4-3-5-10-14/h3-11H,1-2H3,(H,19,20)/b15-11-. The molecule has 0 aliphatic heterocycles. The number of carbonyl (C=O) groups excluding carboxylic acids is 1. The second-order valence-corrected chi connectivity index (χ2v) is 5.48. The molecular weight excluding hydrogens is 314 g/mol. The summed E-state index contributed by atoms with van der Waals surface area (Å²) >= 11 is 3.34. The van der Waals surface area contributed by atoms with Gasteiger partial charge in [0.05, 0.1) is 4.48 Å². The third kappa shape index (κ3) is 3.58. The SMILES string of the molecule is Cc1cccc(C)c1NC(=O)/C(Br)=C/c1ccccc1. The summed E-state index contributed by atoms with van der Waals surface area (Å²) in [5.41, 5.74) is 3.96. The number of carbonyl (C=O) groups is 1. The molecule has 0 saturated carbocycles. The van der Waals surface area contributed by atoms with E-state index in [4.69, 9.17) is 0 Å². The maximum atomic E-state index is 12.2. The molecular formula is C17H16BrNO. The molecule has 0 aliphatic carbocycles. The summed E-state index contributed by atoms with van der Waals surface area (Å²) < 4.78 is 0.506. The van der Waals surface area contributed by atoms with Crippen LogP contribution in [0.4, 0.5) is 5.69 Å². The average Bonchev–Trinajstić information content (AvgIpc) is 2.44. The highest BCUT2D eigenvalue weighted by Crippen LogP contribution is 2.21. The van der Waals surface area contributed by atoms with Crippen molar-refractivity contribution >= 4 is 33.6 Å². The van der Waals surface area contributed by atoms with E-state index in [-0.39, 0.29) is 5.91 Å². The Kier molecular flexibility index (Phi) is 4.74. The topological polar surface area (TPSA) is 29.1 Å². The Bertz CT molecular complexity index is 627. The van der Waals surface area contributed by atoms with Crippen molar-refractivity contribution < 1.29 is 4.79 Å². The number of nitrogens with one attached hydrogen (secondary N) is 1. The van der Waals surface area contributed by atoms with Crippen molar-refractivity contribution in [3.05, 3.63) is 69.7 Å². The van der Waals surface area contributed by atoms with Gasteiger partial charge in [0.1, 0.15) is 0 Å². The second-order valence-electron chi connectivity index (χ2n) is 4.62. The molecule has 0 aromatic heterocycles. The minimum Gasteiger partial charge on any atom is -0.321 e. The first-order chi connectivity index (χ1) is 9.58. The molecule has 2 aromatic carbocycles. The van der Waals surface area contributed by atoms with Crippen LogP contribution in [0.5, 0.6) is 0 Å². The molecule has 0 spiro atoms. The van der Waals surface area contributed by atoms with E-state index < -0.39 is 0 Å². The largest absolute Gasteiger partial charge is 0.321 e. The molecule has 102 valence electrons. The van der Waals surface area contributed by atoms with Crippen LogP contribution in [-0.4, -0.2) is 5.91 Å². The zero-order chi connectivity index (χ0) is 14.5. The molecule has 0 atom stereocenters. The van der Waals surface area contributed by atoms with Crippen LogP contribution < -0.4 is 5.32 Å². The normalized spacial score (nSPS) is 11.2. The van der Waals surface area contributed by atoms with Crippen LogP contribution in [0.2, 0.25) is 0 Å². The van der Waals surface area contributed by atoms with Crippen molar-refractivity contribution in [2.75, 3.05) is 5.32 Å². The predicted octanol–water partition coefficient (Wildman–Crippen LogP) is 4.68. The van der Waals surface area contributed by atoms with Crippen LogP contribution in [-0.2, 0) is 4.79 Å². The fraction of sp³-hybridized carbons (Fsp3) is 0.118. The maximum Gasteiger partial charge on any atom is 0.262 e. The van der Waals surface area contributed by atoms with E-state index in [1.807, 2.05) is 68.5 Å². The number of rotatable bonds is 3. The average molecular weight is 330 g/mol. The molecule has 0 aliphatic rings. The van der Waals surface area contributed by atoms with E-state index in [0.717, 1.165) is 22.4 Å². The first kappa shape index (κ1) is 14.5. The van der Waals surface area contributed by atoms with Crippen LogP contribution in [0, 0.1) is 13.8 Å². The Morgan fingerprint density at radius 2 is 1.60 bits per heavy atom. The highest BCUT2D eigenvalue weighted by Gasteiger charge is 2.10. The van der Waals surface area contributed by atoms with Crippen molar-refractivity contribution in [3.63, 3.8) is 0 Å². The van der Waals surface area contributed by atoms with E-state index >= 15 is 0 Å². The van der Waals surface area contributed by atoms with Crippen LogP contribution in [0.3, 0.4) is 0 Å². The number of amides is 1. The van der Waals surface area contributed by atoms with Crippen molar-refractivity contribution in [2.24, 2.45) is 0 Å². The molecule has 0 bridgehead atoms. The highest BCUT2D eigenvalue weighted by molar-refractivity contribution is 9.12. The zero-order valence-corrected chi connectivity index (χ0v) is 13.1. The number of benzene rings is 2. The van der Waals surface area contributed by atoms with E-state index in [2.05, 4.69) is 21.2 Å². The van der Waals surface area contributed by atoms with Crippen LogP contribution in [0.1, 0.15) is 16.7 Å². The van der Waals surface area contributed by atoms with Crippen LogP contribution in [0.25, 0.3) is 6.08 Å². The Morgan fingerprint density at radius 3 is 2.20 bits per heavy atom. The summed E-state index contributed by atoms with van der Waals surface area (Å²) in [5, 5.41) is 2.94. The number of anilines is 1. The molecule has 0 heterocycles. The van der Waals surface area contributed by atoms with Gasteiger partial charge in [-0.05, 0) is 52.5 Å². The summed E-state index contributed by atoms with van der Waals surface area (Å²) in [7, 11) is 0. The summed E-state index contributed by atoms with van der Waals surface area (Å²) in [4.78, 5) is 12.2. The number of halogens is 1. The fourth-order valence-corrected chi connectivity index (χ4v) is 2.31.